The van der Waals surface area contributed by atoms with Gasteiger partial charge in [-0.05, 0) is 51.3 Å². The number of amides is 1. The van der Waals surface area contributed by atoms with Gasteiger partial charge >= 0.3 is 0 Å². The molecule has 3 rings (SSSR count). The predicted molar refractivity (Wildman–Crippen MR) is 86.6 cm³/mol. The molecule has 21 heavy (non-hydrogen) atoms. The van der Waals surface area contributed by atoms with Crippen LogP contribution >= 0.6 is 0 Å². The molecule has 0 bridgehead atoms. The Balaban J connectivity index is 1.86. The van der Waals surface area contributed by atoms with Crippen LogP contribution in [0.4, 0.5) is 5.69 Å². The lowest BCUT2D eigenvalue weighted by Crippen LogP contribution is -2.47. The third-order valence-corrected chi connectivity index (χ3v) is 5.37. The minimum Gasteiger partial charge on any atom is -0.315 e. The first-order chi connectivity index (χ1) is 10.1. The first-order valence-corrected chi connectivity index (χ1v) is 8.14. The highest BCUT2D eigenvalue weighted by Crippen LogP contribution is 2.41. The van der Waals surface area contributed by atoms with Gasteiger partial charge in [-0.2, -0.15) is 0 Å². The van der Waals surface area contributed by atoms with Gasteiger partial charge in [-0.25, -0.2) is 0 Å². The van der Waals surface area contributed by atoms with E-state index < -0.39 is 5.41 Å². The standard InChI is InChI=1S/C18H26N2O/c1-18(2)14-10-6-7-11-16(14)20(17(18)21)12-15(19-3)13-8-4-5-9-13/h6-7,10-11,13,15,19H,4-5,8-9,12H2,1-3H3. The van der Waals surface area contributed by atoms with Crippen molar-refractivity contribution < 1.29 is 4.79 Å². The zero-order valence-corrected chi connectivity index (χ0v) is 13.4. The summed E-state index contributed by atoms with van der Waals surface area (Å²) in [7, 11) is 2.03. The van der Waals surface area contributed by atoms with Crippen molar-refractivity contribution in [1.82, 2.24) is 5.32 Å². The van der Waals surface area contributed by atoms with E-state index in [0.29, 0.717) is 12.0 Å². The third kappa shape index (κ3) is 2.38. The SMILES string of the molecule is CNC(CN1C(=O)C(C)(C)c2ccccc21)C1CCCC1. The van der Waals surface area contributed by atoms with Crippen molar-refractivity contribution in [2.45, 2.75) is 51.0 Å². The molecule has 0 saturated heterocycles. The molecular weight excluding hydrogens is 260 g/mol. The van der Waals surface area contributed by atoms with E-state index in [9.17, 15) is 4.79 Å². The molecule has 0 spiro atoms. The molecule has 1 aliphatic heterocycles. The van der Waals surface area contributed by atoms with Gasteiger partial charge in [0, 0.05) is 18.3 Å². The second kappa shape index (κ2) is 5.45. The largest absolute Gasteiger partial charge is 0.315 e. The molecule has 0 aromatic heterocycles. The molecule has 1 atom stereocenters. The van der Waals surface area contributed by atoms with E-state index >= 15 is 0 Å². The number of nitrogens with zero attached hydrogens (tertiary/aromatic N) is 1. The maximum absolute atomic E-state index is 12.8. The summed E-state index contributed by atoms with van der Waals surface area (Å²) in [4.78, 5) is 14.9. The van der Waals surface area contributed by atoms with E-state index in [-0.39, 0.29) is 5.91 Å². The molecule has 1 unspecified atom stereocenters. The second-order valence-electron chi connectivity index (χ2n) is 7.00. The molecular formula is C18H26N2O. The summed E-state index contributed by atoms with van der Waals surface area (Å²) in [5, 5.41) is 3.46. The summed E-state index contributed by atoms with van der Waals surface area (Å²) < 4.78 is 0. The fourth-order valence-corrected chi connectivity index (χ4v) is 4.01. The van der Waals surface area contributed by atoms with Gasteiger partial charge < -0.3 is 10.2 Å². The van der Waals surface area contributed by atoms with E-state index in [0.717, 1.165) is 17.8 Å². The number of anilines is 1. The first-order valence-electron chi connectivity index (χ1n) is 8.14. The molecule has 1 aliphatic carbocycles. The van der Waals surface area contributed by atoms with Crippen molar-refractivity contribution >= 4 is 11.6 Å². The number of nitrogens with one attached hydrogen (secondary N) is 1. The van der Waals surface area contributed by atoms with E-state index in [1.807, 2.05) is 37.9 Å². The highest BCUT2D eigenvalue weighted by Gasteiger charge is 2.44. The number of hydrogen-bond donors (Lipinski definition) is 1. The van der Waals surface area contributed by atoms with Crippen molar-refractivity contribution in [2.75, 3.05) is 18.5 Å². The molecule has 1 aromatic rings. The van der Waals surface area contributed by atoms with E-state index in [1.54, 1.807) is 0 Å². The Morgan fingerprint density at radius 3 is 2.62 bits per heavy atom. The molecule has 1 amide bonds. The van der Waals surface area contributed by atoms with E-state index in [1.165, 1.54) is 25.7 Å². The van der Waals surface area contributed by atoms with Crippen LogP contribution in [-0.4, -0.2) is 25.5 Å². The van der Waals surface area contributed by atoms with Crippen molar-refractivity contribution in [3.63, 3.8) is 0 Å². The van der Waals surface area contributed by atoms with E-state index in [2.05, 4.69) is 17.4 Å². The third-order valence-electron chi connectivity index (χ3n) is 5.37. The number of rotatable bonds is 4. The maximum Gasteiger partial charge on any atom is 0.237 e. The van der Waals surface area contributed by atoms with Crippen LogP contribution in [0.25, 0.3) is 0 Å². The second-order valence-corrected chi connectivity index (χ2v) is 7.00. The quantitative estimate of drug-likeness (QED) is 0.922. The van der Waals surface area contributed by atoms with Gasteiger partial charge in [0.15, 0.2) is 0 Å². The van der Waals surface area contributed by atoms with Crippen LogP contribution in [0.2, 0.25) is 0 Å². The topological polar surface area (TPSA) is 32.3 Å². The molecule has 3 nitrogen and oxygen atoms in total. The number of fused-ring (bicyclic) bond motifs is 1. The normalized spacial score (nSPS) is 22.6. The van der Waals surface area contributed by atoms with Crippen LogP contribution in [0.1, 0.15) is 45.1 Å². The van der Waals surface area contributed by atoms with E-state index in [4.69, 9.17) is 0 Å². The molecule has 1 heterocycles. The predicted octanol–water partition coefficient (Wildman–Crippen LogP) is 3.09. The number of benzene rings is 1. The maximum atomic E-state index is 12.8. The Labute approximate surface area is 127 Å². The fraction of sp³-hybridized carbons (Fsp3) is 0.611. The van der Waals surface area contributed by atoms with Gasteiger partial charge in [0.1, 0.15) is 0 Å². The summed E-state index contributed by atoms with van der Waals surface area (Å²) >= 11 is 0. The average molecular weight is 286 g/mol. The van der Waals surface area contributed by atoms with Crippen LogP contribution in [0.15, 0.2) is 24.3 Å². The molecule has 1 N–H and O–H groups in total. The van der Waals surface area contributed by atoms with Crippen molar-refractivity contribution in [3.8, 4) is 0 Å². The molecule has 1 fully saturated rings. The van der Waals surface area contributed by atoms with Crippen molar-refractivity contribution in [1.29, 1.82) is 0 Å². The van der Waals surface area contributed by atoms with Crippen LogP contribution in [0.5, 0.6) is 0 Å². The number of carbonyl (C=O) groups excluding carboxylic acids is 1. The molecule has 114 valence electrons. The summed E-state index contributed by atoms with van der Waals surface area (Å²) in [6, 6.07) is 8.65. The molecule has 3 heteroatoms. The summed E-state index contributed by atoms with van der Waals surface area (Å²) in [6.07, 6.45) is 5.24. The van der Waals surface area contributed by atoms with Crippen LogP contribution in [0.3, 0.4) is 0 Å². The molecule has 2 aliphatic rings. The Bertz CT molecular complexity index is 532. The van der Waals surface area contributed by atoms with Gasteiger partial charge in [0.2, 0.25) is 5.91 Å². The highest BCUT2D eigenvalue weighted by atomic mass is 16.2. The number of carbonyl (C=O) groups is 1. The van der Waals surface area contributed by atoms with Crippen LogP contribution in [0, 0.1) is 5.92 Å². The van der Waals surface area contributed by atoms with Gasteiger partial charge in [-0.3, -0.25) is 4.79 Å². The zero-order chi connectivity index (χ0) is 15.0. The highest BCUT2D eigenvalue weighted by molar-refractivity contribution is 6.07. The molecule has 1 aromatic carbocycles. The van der Waals surface area contributed by atoms with Gasteiger partial charge in [0.25, 0.3) is 0 Å². The van der Waals surface area contributed by atoms with Gasteiger partial charge in [0.05, 0.1) is 5.41 Å². The van der Waals surface area contributed by atoms with Crippen LogP contribution < -0.4 is 10.2 Å². The zero-order valence-electron chi connectivity index (χ0n) is 13.4. The Morgan fingerprint density at radius 1 is 1.29 bits per heavy atom. The Kier molecular flexibility index (Phi) is 3.78. The lowest BCUT2D eigenvalue weighted by molar-refractivity contribution is -0.122. The number of para-hydroxylation sites is 1. The fourth-order valence-electron chi connectivity index (χ4n) is 4.01. The van der Waals surface area contributed by atoms with Crippen molar-refractivity contribution in [3.05, 3.63) is 29.8 Å². The molecule has 0 radical (unpaired) electrons. The lowest BCUT2D eigenvalue weighted by atomic mass is 9.86. The average Bonchev–Trinajstić information content (AvgIpc) is 3.07. The minimum atomic E-state index is -0.398. The smallest absolute Gasteiger partial charge is 0.237 e. The summed E-state index contributed by atoms with van der Waals surface area (Å²) in [6.45, 7) is 4.87. The number of hydrogen-bond acceptors (Lipinski definition) is 2. The first kappa shape index (κ1) is 14.6. The van der Waals surface area contributed by atoms with Crippen molar-refractivity contribution in [2.24, 2.45) is 5.92 Å². The Morgan fingerprint density at radius 2 is 1.95 bits per heavy atom. The van der Waals surface area contributed by atoms with Crippen LogP contribution in [-0.2, 0) is 10.2 Å². The number of likely N-dealkylation sites (N-methyl/N-ethyl adjacent to an activating group) is 1. The van der Waals surface area contributed by atoms with Gasteiger partial charge in [-0.1, -0.05) is 31.0 Å². The minimum absolute atomic E-state index is 0.238. The summed E-state index contributed by atoms with van der Waals surface area (Å²) in [5.74, 6) is 0.945. The molecule has 1 saturated carbocycles. The summed E-state index contributed by atoms with van der Waals surface area (Å²) in [5.41, 5.74) is 1.87. The monoisotopic (exact) mass is 286 g/mol. The van der Waals surface area contributed by atoms with Gasteiger partial charge in [-0.15, -0.1) is 0 Å². The lowest BCUT2D eigenvalue weighted by Gasteiger charge is -2.29. The Hall–Kier alpha value is -1.35.